The summed E-state index contributed by atoms with van der Waals surface area (Å²) in [5.74, 6) is 0. The first kappa shape index (κ1) is 0.858. The van der Waals surface area contributed by atoms with Crippen LogP contribution in [0.1, 0.15) is 16.0 Å². The quantitative estimate of drug-likeness (QED) is 0.417. The van der Waals surface area contributed by atoms with Crippen LogP contribution in [0.5, 0.6) is 0 Å². The predicted octanol–water partition coefficient (Wildman–Crippen LogP) is -0.659. The Balaban J connectivity index is 3.24. The maximum atomic E-state index is 9.20. The van der Waals surface area contributed by atoms with Gasteiger partial charge in [-0.05, 0) is 12.9 Å². The molecule has 0 amide bonds. The normalized spacial score (nSPS) is 89.2. The Labute approximate surface area is 47.0 Å². The van der Waals surface area contributed by atoms with Crippen molar-refractivity contribution < 1.29 is 14.7 Å². The van der Waals surface area contributed by atoms with Crippen molar-refractivity contribution in [2.45, 2.75) is 12.5 Å². The zero-order valence-electron chi connectivity index (χ0n) is 9.95. The molecule has 1 heterocycles. The molecule has 2 heteroatoms. The summed E-state index contributed by atoms with van der Waals surface area (Å²) in [5, 5.41) is 10.8. The van der Waals surface area contributed by atoms with Crippen molar-refractivity contribution in [3.05, 3.63) is 0 Å². The second kappa shape index (κ2) is 1.58. The molecular formula is C4H9NO. The summed E-state index contributed by atoms with van der Waals surface area (Å²) in [6.07, 6.45) is -6.16. The topological polar surface area (TPSA) is 32.3 Å². The largest absolute Gasteiger partial charge is 0.392 e. The van der Waals surface area contributed by atoms with Crippen LogP contribution in [0.4, 0.5) is 0 Å². The minimum atomic E-state index is -3.15. The number of nitrogens with one attached hydrogen (secondary N) is 1. The molecule has 6 heavy (non-hydrogen) atoms. The molecule has 0 aliphatic carbocycles. The minimum absolute atomic E-state index is 1.60. The van der Waals surface area contributed by atoms with Crippen LogP contribution in [0, 0.1) is 0 Å². The van der Waals surface area contributed by atoms with Crippen LogP contribution in [-0.4, -0.2) is 24.2 Å². The zero-order valence-corrected chi connectivity index (χ0v) is 2.95. The first-order valence-electron chi connectivity index (χ1n) is 4.97. The Morgan fingerprint density at radius 3 is 3.17 bits per heavy atom. The molecule has 0 radical (unpaired) electrons. The fourth-order valence-electron chi connectivity index (χ4n) is 0.212. The summed E-state index contributed by atoms with van der Waals surface area (Å²) >= 11 is 0. The van der Waals surface area contributed by atoms with Gasteiger partial charge in [0, 0.05) is 14.7 Å². The lowest BCUT2D eigenvalue weighted by Crippen LogP contribution is -2.11. The van der Waals surface area contributed by atoms with Gasteiger partial charge in [-0.2, -0.15) is 0 Å². The van der Waals surface area contributed by atoms with Crippen LogP contribution in [0.25, 0.3) is 0 Å². The van der Waals surface area contributed by atoms with Crippen molar-refractivity contribution in [3.8, 4) is 0 Å². The summed E-state index contributed by atoms with van der Waals surface area (Å²) in [6.45, 7) is -5.59. The van der Waals surface area contributed by atoms with E-state index in [0.717, 1.165) is 0 Å². The number of hydrogen-bond donors (Lipinski definition) is 2. The highest BCUT2D eigenvalue weighted by molar-refractivity contribution is 4.67. The molecule has 1 saturated heterocycles. The lowest BCUT2D eigenvalue weighted by atomic mass is 10.3. The second-order valence-electron chi connectivity index (χ2n) is 0.849. The molecular weight excluding hydrogens is 78.0 g/mol. The second-order valence-corrected chi connectivity index (χ2v) is 0.849. The van der Waals surface area contributed by atoms with Crippen molar-refractivity contribution in [1.29, 1.82) is 0 Å². The highest BCUT2D eigenvalue weighted by Crippen LogP contribution is 1.93. The third kappa shape index (κ3) is 0.698. The van der Waals surface area contributed by atoms with E-state index in [4.69, 9.17) is 9.60 Å². The van der Waals surface area contributed by atoms with Gasteiger partial charge in [0.05, 0.1) is 7.45 Å². The van der Waals surface area contributed by atoms with Crippen LogP contribution in [0.3, 0.4) is 0 Å². The molecule has 1 rings (SSSR count). The summed E-state index contributed by atoms with van der Waals surface area (Å²) in [4.78, 5) is 0. The van der Waals surface area contributed by atoms with Gasteiger partial charge in [-0.25, -0.2) is 0 Å². The first-order valence-corrected chi connectivity index (χ1v) is 1.47. The van der Waals surface area contributed by atoms with Gasteiger partial charge in [-0.1, -0.05) is 0 Å². The molecule has 36 valence electrons. The molecule has 0 saturated carbocycles. The Morgan fingerprint density at radius 2 is 3.00 bits per heavy atom. The highest BCUT2D eigenvalue weighted by Gasteiger charge is 2.08. The van der Waals surface area contributed by atoms with Crippen molar-refractivity contribution in [3.63, 3.8) is 0 Å². The van der Waals surface area contributed by atoms with Crippen molar-refractivity contribution >= 4 is 0 Å². The maximum absolute atomic E-state index is 9.20. The van der Waals surface area contributed by atoms with Crippen LogP contribution >= 0.6 is 0 Å². The van der Waals surface area contributed by atoms with Gasteiger partial charge in [0.15, 0.2) is 0 Å². The Bertz CT molecular complexity index is 213. The molecule has 1 atom stereocenters. The van der Waals surface area contributed by atoms with Gasteiger partial charge in [0.25, 0.3) is 0 Å². The standard InChI is InChI=1S/C4H9NO/c6-4-1-2-5-3-4/h4-6H,1-3H2/t4-/m0/s1/i1D2,2D2,3D2,4D. The van der Waals surface area contributed by atoms with Gasteiger partial charge in [0.2, 0.25) is 0 Å². The average molecular weight is 94.2 g/mol. The molecule has 1 fully saturated rings. The van der Waals surface area contributed by atoms with E-state index in [1.807, 2.05) is 0 Å². The lowest BCUT2D eigenvalue weighted by Gasteiger charge is -1.90. The van der Waals surface area contributed by atoms with Crippen LogP contribution in [0.15, 0.2) is 0 Å². The fraction of sp³-hybridized carbons (Fsp3) is 1.00. The molecule has 1 aliphatic heterocycles. The monoisotopic (exact) mass is 94.1 g/mol. The van der Waals surface area contributed by atoms with E-state index in [1.165, 1.54) is 0 Å². The molecule has 2 N–H and O–H groups in total. The van der Waals surface area contributed by atoms with E-state index in [1.54, 1.807) is 5.32 Å². The highest BCUT2D eigenvalue weighted by atomic mass is 16.3. The molecule has 0 unspecified atom stereocenters. The molecule has 0 aromatic carbocycles. The van der Waals surface area contributed by atoms with Crippen molar-refractivity contribution in [2.24, 2.45) is 0 Å². The van der Waals surface area contributed by atoms with Gasteiger partial charge in [-0.3, -0.25) is 0 Å². The molecule has 0 spiro atoms. The molecule has 0 aromatic rings. The summed E-state index contributed by atoms with van der Waals surface area (Å²) in [6, 6.07) is 0. The minimum Gasteiger partial charge on any atom is -0.392 e. The van der Waals surface area contributed by atoms with E-state index in [2.05, 4.69) is 0 Å². The Morgan fingerprint density at radius 1 is 2.17 bits per heavy atom. The number of hydrogen-bond acceptors (Lipinski definition) is 2. The van der Waals surface area contributed by atoms with E-state index in [9.17, 15) is 5.11 Å². The summed E-state index contributed by atoms with van der Waals surface area (Å²) < 4.78 is 49.4. The van der Waals surface area contributed by atoms with E-state index in [0.29, 0.717) is 0 Å². The molecule has 0 aromatic heterocycles. The fourth-order valence-corrected chi connectivity index (χ4v) is 0.212. The lowest BCUT2D eigenvalue weighted by molar-refractivity contribution is 0.196. The zero-order chi connectivity index (χ0) is 10.7. The average Bonchev–Trinajstić information content (AvgIpc) is 1.88. The number of aliphatic hydroxyl groups is 1. The van der Waals surface area contributed by atoms with Crippen molar-refractivity contribution in [1.82, 2.24) is 5.32 Å². The molecule has 0 bridgehead atoms. The van der Waals surface area contributed by atoms with E-state index in [-0.39, 0.29) is 0 Å². The summed E-state index contributed by atoms with van der Waals surface area (Å²) in [7, 11) is 0. The van der Waals surface area contributed by atoms with Gasteiger partial charge in [-0.15, -0.1) is 0 Å². The van der Waals surface area contributed by atoms with E-state index >= 15 is 0 Å². The van der Waals surface area contributed by atoms with Gasteiger partial charge in [0.1, 0.15) is 0 Å². The molecule has 1 aliphatic rings. The van der Waals surface area contributed by atoms with Gasteiger partial charge >= 0.3 is 0 Å². The third-order valence-corrected chi connectivity index (χ3v) is 0.424. The van der Waals surface area contributed by atoms with Crippen LogP contribution in [-0.2, 0) is 0 Å². The predicted molar refractivity (Wildman–Crippen MR) is 23.5 cm³/mol. The smallest absolute Gasteiger partial charge is 0.0676 e. The van der Waals surface area contributed by atoms with E-state index < -0.39 is 25.4 Å². The number of rotatable bonds is 0. The maximum Gasteiger partial charge on any atom is 0.0676 e. The summed E-state index contributed by atoms with van der Waals surface area (Å²) in [5.41, 5.74) is 0. The SMILES string of the molecule is [2H]C1([2H])NC([2H])([2H])[C@@]([2H])(O)C1([2H])[2H]. The van der Waals surface area contributed by atoms with Crippen LogP contribution in [0.2, 0.25) is 0 Å². The Hall–Kier alpha value is -0.0800. The van der Waals surface area contributed by atoms with Gasteiger partial charge < -0.3 is 10.4 Å². The molecule has 2 nitrogen and oxygen atoms in total. The number of β-amino-alcohol motifs (C(OH)–C–C–N with tert-alkyl or cyclic N) is 1. The first-order chi connectivity index (χ1) is 5.46. The Kier molecular flexibility index (Phi) is 0.226. The van der Waals surface area contributed by atoms with Crippen LogP contribution < -0.4 is 5.32 Å². The third-order valence-electron chi connectivity index (χ3n) is 0.424. The van der Waals surface area contributed by atoms with Crippen molar-refractivity contribution in [2.75, 3.05) is 13.0 Å².